The van der Waals surface area contributed by atoms with Crippen molar-refractivity contribution in [1.82, 2.24) is 4.90 Å². The van der Waals surface area contributed by atoms with Crippen LogP contribution in [0.25, 0.3) is 0 Å². The van der Waals surface area contributed by atoms with Gasteiger partial charge in [0, 0.05) is 37.8 Å². The third-order valence-corrected chi connectivity index (χ3v) is 8.96. The Morgan fingerprint density at radius 2 is 0.841 bits per heavy atom. The highest BCUT2D eigenvalue weighted by atomic mass is 16.5. The van der Waals surface area contributed by atoms with Crippen molar-refractivity contribution in [1.29, 1.82) is 0 Å². The van der Waals surface area contributed by atoms with E-state index >= 15 is 0 Å². The van der Waals surface area contributed by atoms with Crippen LogP contribution in [0.5, 0.6) is 0 Å². The second-order valence-corrected chi connectivity index (χ2v) is 13.4. The fourth-order valence-electron chi connectivity index (χ4n) is 6.07. The lowest BCUT2D eigenvalue weighted by molar-refractivity contribution is -0.149. The van der Waals surface area contributed by atoms with Gasteiger partial charge in [0.05, 0.1) is 13.2 Å². The van der Waals surface area contributed by atoms with E-state index in [1.54, 1.807) is 0 Å². The predicted octanol–water partition coefficient (Wildman–Crippen LogP) is 10.8. The van der Waals surface area contributed by atoms with Crippen LogP contribution in [0.15, 0.2) is 24.3 Å². The van der Waals surface area contributed by atoms with Crippen LogP contribution in [0.4, 0.5) is 0 Å². The van der Waals surface area contributed by atoms with E-state index in [1.807, 2.05) is 0 Å². The molecule has 1 rings (SSSR count). The van der Waals surface area contributed by atoms with E-state index in [4.69, 9.17) is 9.47 Å². The Bertz CT molecular complexity index is 674. The van der Waals surface area contributed by atoms with Gasteiger partial charge in [0.25, 0.3) is 0 Å². The molecule has 44 heavy (non-hydrogen) atoms. The van der Waals surface area contributed by atoms with Gasteiger partial charge in [0.2, 0.25) is 0 Å². The number of rotatable bonds is 30. The van der Waals surface area contributed by atoms with Crippen molar-refractivity contribution in [3.63, 3.8) is 0 Å². The first kappa shape index (κ1) is 40.4. The fraction of sp³-hybridized carbons (Fsp3) is 0.846. The average molecular weight is 618 g/mol. The molecule has 0 aromatic rings. The van der Waals surface area contributed by atoms with Gasteiger partial charge in [-0.25, -0.2) is 0 Å². The fourth-order valence-corrected chi connectivity index (χ4v) is 6.07. The van der Waals surface area contributed by atoms with E-state index in [9.17, 15) is 9.59 Å². The van der Waals surface area contributed by atoms with Gasteiger partial charge in [-0.3, -0.25) is 9.59 Å². The molecule has 1 aliphatic heterocycles. The van der Waals surface area contributed by atoms with Gasteiger partial charge in [-0.15, -0.1) is 0 Å². The van der Waals surface area contributed by atoms with Crippen LogP contribution in [0.1, 0.15) is 168 Å². The standard InChI is InChI=1S/C39H71NO4/c1-4-6-8-10-12-14-16-18-20-22-24-26-28-30-38(41)43-34-36-32-40(3)33-37(36)35-44-39(42)31-29-27-25-23-21-19-17-15-13-11-9-7-5-2/h14-17,36-37H,4-13,18-35H2,1-3H3. The number of nitrogens with zero attached hydrogens (tertiary/aromatic N) is 1. The number of hydrogen-bond donors (Lipinski definition) is 0. The SMILES string of the molecule is CCCCCCC=CCCCCCCCC(=O)OCC1CN(C)CC1COC(=O)CCCCCCCC=CCCCCCC. The molecule has 0 spiro atoms. The Hall–Kier alpha value is -1.62. The average Bonchev–Trinajstić information content (AvgIpc) is 3.38. The molecule has 2 atom stereocenters. The molecule has 5 heteroatoms. The summed E-state index contributed by atoms with van der Waals surface area (Å²) in [4.78, 5) is 26.9. The number of likely N-dealkylation sites (tertiary alicyclic amines) is 1. The summed E-state index contributed by atoms with van der Waals surface area (Å²) in [5.74, 6) is 0.308. The summed E-state index contributed by atoms with van der Waals surface area (Å²) >= 11 is 0. The number of hydrogen-bond acceptors (Lipinski definition) is 5. The molecule has 5 nitrogen and oxygen atoms in total. The van der Waals surface area contributed by atoms with Crippen LogP contribution in [0.3, 0.4) is 0 Å². The smallest absolute Gasteiger partial charge is 0.305 e. The molecule has 1 heterocycles. The van der Waals surface area contributed by atoms with Crippen molar-refractivity contribution in [3.05, 3.63) is 24.3 Å². The molecule has 0 aromatic heterocycles. The molecule has 0 aromatic carbocycles. The zero-order valence-corrected chi connectivity index (χ0v) is 29.3. The Kier molecular flexibility index (Phi) is 27.6. The zero-order chi connectivity index (χ0) is 31.9. The first-order valence-corrected chi connectivity index (χ1v) is 18.9. The molecule has 0 saturated carbocycles. The number of carbonyl (C=O) groups excluding carboxylic acids is 2. The molecule has 2 unspecified atom stereocenters. The summed E-state index contributed by atoms with van der Waals surface area (Å²) < 4.78 is 11.3. The minimum atomic E-state index is -0.0836. The second-order valence-electron chi connectivity index (χ2n) is 13.4. The van der Waals surface area contributed by atoms with Gasteiger partial charge in [-0.05, 0) is 71.3 Å². The number of unbranched alkanes of at least 4 members (excludes halogenated alkanes) is 18. The highest BCUT2D eigenvalue weighted by Gasteiger charge is 2.32. The summed E-state index contributed by atoms with van der Waals surface area (Å²) in [7, 11) is 2.09. The Morgan fingerprint density at radius 1 is 0.523 bits per heavy atom. The zero-order valence-electron chi connectivity index (χ0n) is 29.3. The van der Waals surface area contributed by atoms with Gasteiger partial charge in [-0.1, -0.05) is 115 Å². The molecule has 0 N–H and O–H groups in total. The van der Waals surface area contributed by atoms with Gasteiger partial charge >= 0.3 is 11.9 Å². The van der Waals surface area contributed by atoms with Gasteiger partial charge < -0.3 is 14.4 Å². The minimum Gasteiger partial charge on any atom is -0.465 e. The van der Waals surface area contributed by atoms with Crippen LogP contribution in [-0.4, -0.2) is 50.2 Å². The lowest BCUT2D eigenvalue weighted by atomic mass is 9.98. The summed E-state index contributed by atoms with van der Waals surface area (Å²) in [5.41, 5.74) is 0. The summed E-state index contributed by atoms with van der Waals surface area (Å²) in [5, 5.41) is 0. The van der Waals surface area contributed by atoms with E-state index in [-0.39, 0.29) is 23.8 Å². The third kappa shape index (κ3) is 24.7. The number of allylic oxidation sites excluding steroid dienone is 4. The number of ether oxygens (including phenoxy) is 2. The molecule has 1 fully saturated rings. The molecule has 1 saturated heterocycles. The lowest BCUT2D eigenvalue weighted by Gasteiger charge is -2.18. The van der Waals surface area contributed by atoms with Crippen molar-refractivity contribution in [2.24, 2.45) is 11.8 Å². The summed E-state index contributed by atoms with van der Waals surface area (Å²) in [6.45, 7) is 7.15. The third-order valence-electron chi connectivity index (χ3n) is 8.96. The van der Waals surface area contributed by atoms with E-state index < -0.39 is 0 Å². The predicted molar refractivity (Wildman–Crippen MR) is 187 cm³/mol. The molecule has 0 radical (unpaired) electrons. The van der Waals surface area contributed by atoms with E-state index in [0.29, 0.717) is 26.1 Å². The van der Waals surface area contributed by atoms with Crippen molar-refractivity contribution >= 4 is 11.9 Å². The number of esters is 2. The normalized spacial score (nSPS) is 17.2. The summed E-state index contributed by atoms with van der Waals surface area (Å²) in [6, 6.07) is 0. The van der Waals surface area contributed by atoms with E-state index in [2.05, 4.69) is 50.1 Å². The van der Waals surface area contributed by atoms with Crippen LogP contribution >= 0.6 is 0 Å². The van der Waals surface area contributed by atoms with Crippen molar-refractivity contribution in [2.75, 3.05) is 33.4 Å². The van der Waals surface area contributed by atoms with Gasteiger partial charge in [0.15, 0.2) is 0 Å². The maximum Gasteiger partial charge on any atom is 0.305 e. The molecule has 0 bridgehead atoms. The van der Waals surface area contributed by atoms with Crippen molar-refractivity contribution in [3.8, 4) is 0 Å². The monoisotopic (exact) mass is 618 g/mol. The molecule has 0 amide bonds. The van der Waals surface area contributed by atoms with E-state index in [0.717, 1.165) is 38.8 Å². The van der Waals surface area contributed by atoms with Crippen LogP contribution in [-0.2, 0) is 19.1 Å². The minimum absolute atomic E-state index is 0.0836. The molecular formula is C39H71NO4. The molecule has 0 aliphatic carbocycles. The van der Waals surface area contributed by atoms with Gasteiger partial charge in [0.1, 0.15) is 0 Å². The topological polar surface area (TPSA) is 55.8 Å². The maximum absolute atomic E-state index is 12.3. The second kappa shape index (κ2) is 30.1. The van der Waals surface area contributed by atoms with E-state index in [1.165, 1.54) is 116 Å². The highest BCUT2D eigenvalue weighted by Crippen LogP contribution is 2.24. The Morgan fingerprint density at radius 3 is 1.20 bits per heavy atom. The Labute approximate surface area is 273 Å². The summed E-state index contributed by atoms with van der Waals surface area (Å²) in [6.07, 6.45) is 37.2. The maximum atomic E-state index is 12.3. The molecule has 256 valence electrons. The van der Waals surface area contributed by atoms with Crippen molar-refractivity contribution < 1.29 is 19.1 Å². The van der Waals surface area contributed by atoms with Crippen LogP contribution < -0.4 is 0 Å². The highest BCUT2D eigenvalue weighted by molar-refractivity contribution is 5.69. The Balaban J connectivity index is 2.01. The van der Waals surface area contributed by atoms with Crippen LogP contribution in [0.2, 0.25) is 0 Å². The van der Waals surface area contributed by atoms with Gasteiger partial charge in [-0.2, -0.15) is 0 Å². The van der Waals surface area contributed by atoms with Crippen molar-refractivity contribution in [2.45, 2.75) is 168 Å². The quantitative estimate of drug-likeness (QED) is 0.0456. The first-order chi connectivity index (χ1) is 21.6. The lowest BCUT2D eigenvalue weighted by Crippen LogP contribution is -2.25. The first-order valence-electron chi connectivity index (χ1n) is 18.9. The van der Waals surface area contributed by atoms with Crippen LogP contribution in [0, 0.1) is 11.8 Å². The largest absolute Gasteiger partial charge is 0.465 e. The molecular weight excluding hydrogens is 546 g/mol. The number of carbonyl (C=O) groups is 2. The molecule has 1 aliphatic rings.